The molecule has 1 heterocycles. The fourth-order valence-electron chi connectivity index (χ4n) is 2.82. The Kier molecular flexibility index (Phi) is 5.48. The van der Waals surface area contributed by atoms with Gasteiger partial charge in [0.25, 0.3) is 0 Å². The Hall–Kier alpha value is -1.26. The molecule has 0 aromatic heterocycles. The summed E-state index contributed by atoms with van der Waals surface area (Å²) in [5, 5.41) is 3.58. The summed E-state index contributed by atoms with van der Waals surface area (Å²) in [5.74, 6) is 0.896. The van der Waals surface area contributed by atoms with Crippen LogP contribution in [0.2, 0.25) is 0 Å². The Morgan fingerprint density at radius 1 is 1.33 bits per heavy atom. The van der Waals surface area contributed by atoms with E-state index in [-0.39, 0.29) is 5.41 Å². The highest BCUT2D eigenvalue weighted by Gasteiger charge is 2.36. The van der Waals surface area contributed by atoms with E-state index in [4.69, 9.17) is 9.47 Å². The molecule has 0 bridgehead atoms. The van der Waals surface area contributed by atoms with Crippen LogP contribution in [0, 0.1) is 5.41 Å². The van der Waals surface area contributed by atoms with Gasteiger partial charge in [0.05, 0.1) is 13.7 Å². The predicted molar refractivity (Wildman–Crippen MR) is 87.3 cm³/mol. The highest BCUT2D eigenvalue weighted by Crippen LogP contribution is 2.31. The van der Waals surface area contributed by atoms with Crippen molar-refractivity contribution in [3.05, 3.63) is 24.3 Å². The number of ether oxygens (including phenoxy) is 2. The Morgan fingerprint density at radius 3 is 2.57 bits per heavy atom. The molecule has 21 heavy (non-hydrogen) atoms. The predicted octanol–water partition coefficient (Wildman–Crippen LogP) is 2.54. The first-order valence-electron chi connectivity index (χ1n) is 7.71. The number of nitrogens with one attached hydrogen (secondary N) is 1. The van der Waals surface area contributed by atoms with Gasteiger partial charge in [0, 0.05) is 43.9 Å². The molecule has 1 aromatic rings. The number of nitrogens with zero attached hydrogens (tertiary/aromatic N) is 1. The monoisotopic (exact) mass is 292 g/mol. The zero-order chi connectivity index (χ0) is 15.3. The normalized spacial score (nSPS) is 21.8. The van der Waals surface area contributed by atoms with Crippen LogP contribution in [0.25, 0.3) is 0 Å². The molecule has 1 fully saturated rings. The molecule has 1 aliphatic rings. The quantitative estimate of drug-likeness (QED) is 0.837. The third-order valence-electron chi connectivity index (χ3n) is 4.16. The maximum atomic E-state index is 5.68. The van der Waals surface area contributed by atoms with E-state index >= 15 is 0 Å². The summed E-state index contributed by atoms with van der Waals surface area (Å²) in [6.45, 7) is 8.10. The second-order valence-corrected chi connectivity index (χ2v) is 6.39. The molecule has 4 nitrogen and oxygen atoms in total. The third-order valence-corrected chi connectivity index (χ3v) is 4.16. The van der Waals surface area contributed by atoms with Crippen LogP contribution in [0.5, 0.6) is 5.75 Å². The summed E-state index contributed by atoms with van der Waals surface area (Å²) in [5.41, 5.74) is 1.42. The van der Waals surface area contributed by atoms with Gasteiger partial charge >= 0.3 is 0 Å². The topological polar surface area (TPSA) is 33.7 Å². The smallest absolute Gasteiger partial charge is 0.119 e. The first-order valence-corrected chi connectivity index (χ1v) is 7.71. The Balaban J connectivity index is 2.01. The molecule has 0 saturated carbocycles. The molecule has 0 amide bonds. The van der Waals surface area contributed by atoms with Gasteiger partial charge in [0.2, 0.25) is 0 Å². The van der Waals surface area contributed by atoms with E-state index < -0.39 is 0 Å². The van der Waals surface area contributed by atoms with Crippen LogP contribution in [-0.4, -0.2) is 46.5 Å². The maximum Gasteiger partial charge on any atom is 0.119 e. The molecule has 1 saturated heterocycles. The molecular formula is C17H28N2O2. The molecule has 0 aliphatic carbocycles. The molecule has 1 unspecified atom stereocenters. The lowest BCUT2D eigenvalue weighted by molar-refractivity contribution is 0.151. The fraction of sp³-hybridized carbons (Fsp3) is 0.647. The van der Waals surface area contributed by atoms with Crippen molar-refractivity contribution in [2.75, 3.05) is 45.4 Å². The molecule has 1 atom stereocenters. The largest absolute Gasteiger partial charge is 0.497 e. The lowest BCUT2D eigenvalue weighted by Gasteiger charge is -2.34. The summed E-state index contributed by atoms with van der Waals surface area (Å²) in [6.07, 6.45) is 1.12. The van der Waals surface area contributed by atoms with E-state index in [0.29, 0.717) is 6.04 Å². The minimum Gasteiger partial charge on any atom is -0.497 e. The van der Waals surface area contributed by atoms with Crippen molar-refractivity contribution in [1.82, 2.24) is 5.32 Å². The number of hydrogen-bond donors (Lipinski definition) is 1. The lowest BCUT2D eigenvalue weighted by Crippen LogP contribution is -2.45. The summed E-state index contributed by atoms with van der Waals surface area (Å²) in [4.78, 5) is 2.32. The number of methoxy groups -OCH3 is 1. The summed E-state index contributed by atoms with van der Waals surface area (Å²) in [7, 11) is 3.85. The fourth-order valence-corrected chi connectivity index (χ4v) is 2.82. The Morgan fingerprint density at radius 2 is 2.05 bits per heavy atom. The zero-order valence-corrected chi connectivity index (χ0v) is 13.7. The van der Waals surface area contributed by atoms with E-state index in [9.17, 15) is 0 Å². The minimum atomic E-state index is 0.207. The van der Waals surface area contributed by atoms with Crippen molar-refractivity contribution in [2.24, 2.45) is 5.41 Å². The molecule has 2 rings (SSSR count). The molecule has 118 valence electrons. The maximum absolute atomic E-state index is 5.68. The summed E-state index contributed by atoms with van der Waals surface area (Å²) >= 11 is 0. The summed E-state index contributed by atoms with van der Waals surface area (Å²) < 4.78 is 10.9. The zero-order valence-electron chi connectivity index (χ0n) is 13.7. The number of hydrogen-bond acceptors (Lipinski definition) is 4. The van der Waals surface area contributed by atoms with Gasteiger partial charge in [0.15, 0.2) is 0 Å². The molecule has 1 N–H and O–H groups in total. The van der Waals surface area contributed by atoms with Gasteiger partial charge in [-0.05, 0) is 30.7 Å². The van der Waals surface area contributed by atoms with Crippen LogP contribution in [0.3, 0.4) is 0 Å². The van der Waals surface area contributed by atoms with Crippen molar-refractivity contribution in [3.63, 3.8) is 0 Å². The lowest BCUT2D eigenvalue weighted by atomic mass is 9.86. The van der Waals surface area contributed by atoms with Gasteiger partial charge in [-0.1, -0.05) is 13.8 Å². The van der Waals surface area contributed by atoms with E-state index in [1.165, 1.54) is 5.69 Å². The SMILES string of the molecule is COc1ccc(N(C)CC2(CNC(C)C)CCOC2)cc1. The molecule has 1 aliphatic heterocycles. The van der Waals surface area contributed by atoms with E-state index in [0.717, 1.165) is 38.5 Å². The van der Waals surface area contributed by atoms with Gasteiger partial charge in [-0.25, -0.2) is 0 Å². The van der Waals surface area contributed by atoms with Crippen molar-refractivity contribution >= 4 is 5.69 Å². The molecule has 0 radical (unpaired) electrons. The van der Waals surface area contributed by atoms with Crippen LogP contribution >= 0.6 is 0 Å². The van der Waals surface area contributed by atoms with Crippen molar-refractivity contribution in [3.8, 4) is 5.75 Å². The van der Waals surface area contributed by atoms with Crippen molar-refractivity contribution in [1.29, 1.82) is 0 Å². The van der Waals surface area contributed by atoms with Gasteiger partial charge < -0.3 is 19.7 Å². The van der Waals surface area contributed by atoms with Gasteiger partial charge in [-0.15, -0.1) is 0 Å². The first kappa shape index (κ1) is 16.1. The van der Waals surface area contributed by atoms with E-state index in [1.54, 1.807) is 7.11 Å². The van der Waals surface area contributed by atoms with Crippen molar-refractivity contribution in [2.45, 2.75) is 26.3 Å². The molecule has 1 aromatic carbocycles. The van der Waals surface area contributed by atoms with Gasteiger partial charge in [-0.3, -0.25) is 0 Å². The highest BCUT2D eigenvalue weighted by molar-refractivity contribution is 5.48. The van der Waals surface area contributed by atoms with Crippen LogP contribution < -0.4 is 15.0 Å². The van der Waals surface area contributed by atoms with Gasteiger partial charge in [-0.2, -0.15) is 0 Å². The summed E-state index contributed by atoms with van der Waals surface area (Å²) in [6, 6.07) is 8.75. The van der Waals surface area contributed by atoms with Crippen LogP contribution in [0.4, 0.5) is 5.69 Å². The molecule has 0 spiro atoms. The third kappa shape index (κ3) is 4.35. The average Bonchev–Trinajstić information content (AvgIpc) is 2.94. The second kappa shape index (κ2) is 7.14. The second-order valence-electron chi connectivity index (χ2n) is 6.39. The highest BCUT2D eigenvalue weighted by atomic mass is 16.5. The Labute approximate surface area is 128 Å². The van der Waals surface area contributed by atoms with Crippen molar-refractivity contribution < 1.29 is 9.47 Å². The number of benzene rings is 1. The number of anilines is 1. The van der Waals surface area contributed by atoms with Gasteiger partial charge in [0.1, 0.15) is 5.75 Å². The van der Waals surface area contributed by atoms with E-state index in [2.05, 4.69) is 43.2 Å². The first-order chi connectivity index (χ1) is 10.0. The average molecular weight is 292 g/mol. The van der Waals surface area contributed by atoms with Crippen LogP contribution in [-0.2, 0) is 4.74 Å². The van der Waals surface area contributed by atoms with Crippen LogP contribution in [0.15, 0.2) is 24.3 Å². The number of rotatable bonds is 7. The standard InChI is InChI=1S/C17H28N2O2/c1-14(2)18-11-17(9-10-21-13-17)12-19(3)15-5-7-16(20-4)8-6-15/h5-8,14,18H,9-13H2,1-4H3. The molecular weight excluding hydrogens is 264 g/mol. The minimum absolute atomic E-state index is 0.207. The van der Waals surface area contributed by atoms with Crippen LogP contribution in [0.1, 0.15) is 20.3 Å². The van der Waals surface area contributed by atoms with E-state index in [1.807, 2.05) is 12.1 Å². The molecule has 4 heteroatoms. The Bertz CT molecular complexity index is 425.